The molecule has 3 nitrogen and oxygen atoms in total. The molecule has 0 unspecified atom stereocenters. The van der Waals surface area contributed by atoms with Gasteiger partial charge in [-0.1, -0.05) is 43.0 Å². The van der Waals surface area contributed by atoms with Gasteiger partial charge in [0.15, 0.2) is 0 Å². The largest absolute Gasteiger partial charge is 0.351 e. The molecule has 0 bridgehead atoms. The summed E-state index contributed by atoms with van der Waals surface area (Å²) in [6.45, 7) is 12.0. The first-order chi connectivity index (χ1) is 11.9. The van der Waals surface area contributed by atoms with Crippen molar-refractivity contribution in [1.29, 1.82) is 0 Å². The summed E-state index contributed by atoms with van der Waals surface area (Å²) in [5.41, 5.74) is 2.48. The number of benzene rings is 1. The van der Waals surface area contributed by atoms with Crippen LogP contribution >= 0.6 is 11.6 Å². The quantitative estimate of drug-likeness (QED) is 0.613. The van der Waals surface area contributed by atoms with Gasteiger partial charge in [0, 0.05) is 22.6 Å². The molecule has 1 aromatic carbocycles. The lowest BCUT2D eigenvalue weighted by atomic mass is 9.72. The minimum atomic E-state index is -0.0975. The molecule has 1 fully saturated rings. The van der Waals surface area contributed by atoms with E-state index in [1.54, 1.807) is 12.2 Å². The Morgan fingerprint density at radius 1 is 1.32 bits per heavy atom. The lowest BCUT2D eigenvalue weighted by molar-refractivity contribution is -0.117. The highest BCUT2D eigenvalue weighted by Gasteiger charge is 2.36. The lowest BCUT2D eigenvalue weighted by Crippen LogP contribution is -2.48. The van der Waals surface area contributed by atoms with Crippen molar-refractivity contribution in [1.82, 2.24) is 10.2 Å². The fourth-order valence-corrected chi connectivity index (χ4v) is 3.42. The highest BCUT2D eigenvalue weighted by molar-refractivity contribution is 6.30. The van der Waals surface area contributed by atoms with Gasteiger partial charge in [-0.15, -0.1) is 0 Å². The smallest absolute Gasteiger partial charge is 0.251 e. The normalized spacial score (nSPS) is 17.8. The number of nitrogens with zero attached hydrogens (tertiary/aromatic N) is 1. The van der Waals surface area contributed by atoms with Gasteiger partial charge in [0.25, 0.3) is 5.91 Å². The molecule has 0 saturated carbocycles. The Labute approximate surface area is 156 Å². The molecule has 1 aliphatic rings. The van der Waals surface area contributed by atoms with Crippen molar-refractivity contribution >= 4 is 17.5 Å². The Hall–Kier alpha value is -1.84. The van der Waals surface area contributed by atoms with E-state index in [1.807, 2.05) is 19.1 Å². The Kier molecular flexibility index (Phi) is 6.63. The van der Waals surface area contributed by atoms with Crippen LogP contribution in [0.3, 0.4) is 0 Å². The summed E-state index contributed by atoms with van der Waals surface area (Å²) in [4.78, 5) is 14.9. The molecule has 1 N–H and O–H groups in total. The third kappa shape index (κ3) is 4.83. The lowest BCUT2D eigenvalue weighted by Gasteiger charge is -2.41. The van der Waals surface area contributed by atoms with Crippen molar-refractivity contribution in [2.24, 2.45) is 0 Å². The zero-order valence-electron chi connectivity index (χ0n) is 15.1. The third-order valence-corrected chi connectivity index (χ3v) is 5.23. The van der Waals surface area contributed by atoms with Gasteiger partial charge in [0.2, 0.25) is 0 Å². The maximum atomic E-state index is 12.6. The summed E-state index contributed by atoms with van der Waals surface area (Å²) in [6.07, 6.45) is 5.33. The molecule has 1 aromatic rings. The van der Waals surface area contributed by atoms with E-state index in [9.17, 15) is 4.79 Å². The number of carbonyl (C=O) groups excluding carboxylic acids is 1. The second kappa shape index (κ2) is 8.50. The van der Waals surface area contributed by atoms with Crippen LogP contribution in [0.15, 0.2) is 60.7 Å². The number of amides is 1. The molecular formula is C21H27ClN2O. The molecular weight excluding hydrogens is 332 g/mol. The minimum Gasteiger partial charge on any atom is -0.351 e. The molecule has 0 radical (unpaired) electrons. The van der Waals surface area contributed by atoms with Crippen molar-refractivity contribution in [2.45, 2.75) is 25.2 Å². The molecule has 134 valence electrons. The van der Waals surface area contributed by atoms with Crippen molar-refractivity contribution in [3.05, 3.63) is 71.3 Å². The summed E-state index contributed by atoms with van der Waals surface area (Å²) in [6, 6.07) is 8.02. The van der Waals surface area contributed by atoms with E-state index in [1.165, 1.54) is 5.56 Å². The predicted octanol–water partition coefficient (Wildman–Crippen LogP) is 4.11. The van der Waals surface area contributed by atoms with Crippen LogP contribution in [0.2, 0.25) is 5.02 Å². The van der Waals surface area contributed by atoms with Crippen LogP contribution in [0.5, 0.6) is 0 Å². The van der Waals surface area contributed by atoms with E-state index >= 15 is 0 Å². The first kappa shape index (κ1) is 19.5. The fourth-order valence-electron chi connectivity index (χ4n) is 3.29. The number of carbonyl (C=O) groups is 1. The van der Waals surface area contributed by atoms with Crippen LogP contribution in [-0.2, 0) is 10.2 Å². The number of nitrogens with one attached hydrogen (secondary N) is 1. The number of rotatable bonds is 6. The highest BCUT2D eigenvalue weighted by atomic mass is 35.5. The van der Waals surface area contributed by atoms with Gasteiger partial charge in [-0.25, -0.2) is 0 Å². The second-order valence-corrected chi connectivity index (χ2v) is 7.31. The average molecular weight is 359 g/mol. The number of hydrogen-bond donors (Lipinski definition) is 1. The molecule has 1 amide bonds. The van der Waals surface area contributed by atoms with Gasteiger partial charge < -0.3 is 10.2 Å². The maximum Gasteiger partial charge on any atom is 0.251 e. The van der Waals surface area contributed by atoms with Crippen molar-refractivity contribution in [3.8, 4) is 0 Å². The van der Waals surface area contributed by atoms with E-state index in [4.69, 9.17) is 11.6 Å². The zero-order valence-corrected chi connectivity index (χ0v) is 15.9. The van der Waals surface area contributed by atoms with Crippen LogP contribution in [0.1, 0.15) is 25.3 Å². The molecule has 1 heterocycles. The van der Waals surface area contributed by atoms with Crippen LogP contribution in [0.25, 0.3) is 0 Å². The Morgan fingerprint density at radius 2 is 1.92 bits per heavy atom. The van der Waals surface area contributed by atoms with Gasteiger partial charge in [-0.3, -0.25) is 4.79 Å². The summed E-state index contributed by atoms with van der Waals surface area (Å²) >= 11 is 6.05. The molecule has 0 spiro atoms. The average Bonchev–Trinajstić information content (AvgIpc) is 2.59. The van der Waals surface area contributed by atoms with Crippen LogP contribution in [0, 0.1) is 0 Å². The number of halogens is 1. The standard InChI is InChI=1S/C21H27ClN2O/c1-5-6-19(16(2)3)20(25)23-15-21(11-13-24(4)14-12-21)17-7-9-18(22)10-8-17/h5-10H,1-2,11-15H2,3-4H3,(H,23,25)/b19-6+. The zero-order chi connectivity index (χ0) is 18.4. The molecule has 0 atom stereocenters. The SMILES string of the molecule is C=C/C=C(\C(=C)C)C(=O)NCC1(c2ccc(Cl)cc2)CCN(C)CC1. The number of hydrogen-bond acceptors (Lipinski definition) is 2. The first-order valence-corrected chi connectivity index (χ1v) is 8.97. The van der Waals surface area contributed by atoms with Crippen LogP contribution in [-0.4, -0.2) is 37.5 Å². The van der Waals surface area contributed by atoms with Crippen molar-refractivity contribution in [3.63, 3.8) is 0 Å². The van der Waals surface area contributed by atoms with Crippen molar-refractivity contribution < 1.29 is 4.79 Å². The van der Waals surface area contributed by atoms with E-state index in [0.717, 1.165) is 36.5 Å². The Balaban J connectivity index is 2.21. The maximum absolute atomic E-state index is 12.6. The molecule has 2 rings (SSSR count). The summed E-state index contributed by atoms with van der Waals surface area (Å²) in [5.74, 6) is -0.0975. The third-order valence-electron chi connectivity index (χ3n) is 4.98. The molecule has 0 aliphatic carbocycles. The second-order valence-electron chi connectivity index (χ2n) is 6.87. The summed E-state index contributed by atoms with van der Waals surface area (Å²) in [7, 11) is 2.14. The number of piperidine rings is 1. The topological polar surface area (TPSA) is 32.3 Å². The molecule has 0 aromatic heterocycles. The Morgan fingerprint density at radius 3 is 2.44 bits per heavy atom. The molecule has 1 aliphatic heterocycles. The van der Waals surface area contributed by atoms with Gasteiger partial charge in [-0.2, -0.15) is 0 Å². The van der Waals surface area contributed by atoms with Gasteiger partial charge in [0.1, 0.15) is 0 Å². The van der Waals surface area contributed by atoms with Crippen LogP contribution < -0.4 is 5.32 Å². The number of allylic oxidation sites excluding steroid dienone is 2. The minimum absolute atomic E-state index is 0.0683. The summed E-state index contributed by atoms with van der Waals surface area (Å²) in [5, 5.41) is 3.85. The van der Waals surface area contributed by atoms with Gasteiger partial charge in [0.05, 0.1) is 0 Å². The van der Waals surface area contributed by atoms with Crippen LogP contribution in [0.4, 0.5) is 0 Å². The van der Waals surface area contributed by atoms with E-state index < -0.39 is 0 Å². The van der Waals surface area contributed by atoms with E-state index in [2.05, 4.69) is 42.6 Å². The Bertz CT molecular complexity index is 668. The van der Waals surface area contributed by atoms with Gasteiger partial charge in [-0.05, 0) is 69.2 Å². The highest BCUT2D eigenvalue weighted by Crippen LogP contribution is 2.35. The van der Waals surface area contributed by atoms with E-state index in [0.29, 0.717) is 12.1 Å². The number of likely N-dealkylation sites (tertiary alicyclic amines) is 1. The molecule has 1 saturated heterocycles. The summed E-state index contributed by atoms with van der Waals surface area (Å²) < 4.78 is 0. The molecule has 25 heavy (non-hydrogen) atoms. The monoisotopic (exact) mass is 358 g/mol. The van der Waals surface area contributed by atoms with E-state index in [-0.39, 0.29) is 11.3 Å². The molecule has 4 heteroatoms. The van der Waals surface area contributed by atoms with Gasteiger partial charge >= 0.3 is 0 Å². The van der Waals surface area contributed by atoms with Crippen molar-refractivity contribution in [2.75, 3.05) is 26.7 Å². The fraction of sp³-hybridized carbons (Fsp3) is 0.381. The first-order valence-electron chi connectivity index (χ1n) is 8.59. The predicted molar refractivity (Wildman–Crippen MR) is 106 cm³/mol.